The van der Waals surface area contributed by atoms with Gasteiger partial charge in [0.25, 0.3) is 10.0 Å². The van der Waals surface area contributed by atoms with E-state index in [0.717, 1.165) is 10.4 Å². The van der Waals surface area contributed by atoms with Gasteiger partial charge < -0.3 is 5.73 Å². The monoisotopic (exact) mass is 324 g/mol. The maximum atomic E-state index is 12.4. The first-order valence-electron chi connectivity index (χ1n) is 6.84. The molecule has 0 radical (unpaired) electrons. The van der Waals surface area contributed by atoms with E-state index in [1.165, 1.54) is 11.3 Å². The fourth-order valence-corrected chi connectivity index (χ4v) is 4.37. The van der Waals surface area contributed by atoms with Crippen LogP contribution in [0.4, 0.5) is 5.69 Å². The standard InChI is InChI=1S/C15H20N2O2S2/c1-11(2)12-4-3-5-13(10-12)17-21(18,19)15-7-6-14(20-15)8-9-16/h3-7,10-11,17H,8-9,16H2,1-2H3. The summed E-state index contributed by atoms with van der Waals surface area (Å²) in [6.07, 6.45) is 0.697. The van der Waals surface area contributed by atoms with E-state index in [0.29, 0.717) is 28.8 Å². The van der Waals surface area contributed by atoms with E-state index in [2.05, 4.69) is 18.6 Å². The normalized spacial score (nSPS) is 11.8. The summed E-state index contributed by atoms with van der Waals surface area (Å²) in [5.41, 5.74) is 7.18. The fraction of sp³-hybridized carbons (Fsp3) is 0.333. The number of rotatable bonds is 6. The highest BCUT2D eigenvalue weighted by Crippen LogP contribution is 2.25. The summed E-state index contributed by atoms with van der Waals surface area (Å²) in [7, 11) is -3.53. The molecule has 0 spiro atoms. The average Bonchev–Trinajstić information content (AvgIpc) is 2.88. The molecule has 0 atom stereocenters. The van der Waals surface area contributed by atoms with Crippen LogP contribution in [-0.2, 0) is 16.4 Å². The van der Waals surface area contributed by atoms with E-state index in [1.54, 1.807) is 12.1 Å². The van der Waals surface area contributed by atoms with Crippen LogP contribution in [0.1, 0.15) is 30.2 Å². The number of nitrogens with one attached hydrogen (secondary N) is 1. The van der Waals surface area contributed by atoms with Crippen molar-refractivity contribution >= 4 is 27.0 Å². The number of sulfonamides is 1. The molecule has 0 saturated heterocycles. The van der Waals surface area contributed by atoms with Crippen LogP contribution in [0.5, 0.6) is 0 Å². The van der Waals surface area contributed by atoms with Gasteiger partial charge in [-0.3, -0.25) is 4.72 Å². The maximum absolute atomic E-state index is 12.4. The molecule has 1 aromatic carbocycles. The van der Waals surface area contributed by atoms with Crippen LogP contribution in [0.25, 0.3) is 0 Å². The number of thiophene rings is 1. The van der Waals surface area contributed by atoms with E-state index < -0.39 is 10.0 Å². The van der Waals surface area contributed by atoms with E-state index in [4.69, 9.17) is 5.73 Å². The molecule has 2 rings (SSSR count). The Bertz CT molecular complexity index is 706. The molecular formula is C15H20N2O2S2. The van der Waals surface area contributed by atoms with Crippen LogP contribution in [0, 0.1) is 0 Å². The predicted molar refractivity (Wildman–Crippen MR) is 88.4 cm³/mol. The van der Waals surface area contributed by atoms with E-state index in [-0.39, 0.29) is 0 Å². The van der Waals surface area contributed by atoms with Crippen molar-refractivity contribution in [2.45, 2.75) is 30.4 Å². The van der Waals surface area contributed by atoms with Crippen molar-refractivity contribution in [2.24, 2.45) is 5.73 Å². The van der Waals surface area contributed by atoms with Crippen LogP contribution >= 0.6 is 11.3 Å². The minimum absolute atomic E-state index is 0.320. The average molecular weight is 324 g/mol. The van der Waals surface area contributed by atoms with E-state index in [1.807, 2.05) is 24.3 Å². The first-order valence-corrected chi connectivity index (χ1v) is 9.14. The van der Waals surface area contributed by atoms with Gasteiger partial charge in [0.15, 0.2) is 0 Å². The molecule has 4 nitrogen and oxygen atoms in total. The third kappa shape index (κ3) is 4.06. The van der Waals surface area contributed by atoms with E-state index >= 15 is 0 Å². The molecule has 0 aliphatic rings. The number of hydrogen-bond donors (Lipinski definition) is 2. The summed E-state index contributed by atoms with van der Waals surface area (Å²) in [5, 5.41) is 0. The van der Waals surface area contributed by atoms with Crippen LogP contribution in [-0.4, -0.2) is 15.0 Å². The van der Waals surface area contributed by atoms with Crippen molar-refractivity contribution in [1.29, 1.82) is 0 Å². The summed E-state index contributed by atoms with van der Waals surface area (Å²) < 4.78 is 27.7. The van der Waals surface area contributed by atoms with Gasteiger partial charge >= 0.3 is 0 Å². The lowest BCUT2D eigenvalue weighted by Gasteiger charge is -2.10. The van der Waals surface area contributed by atoms with Gasteiger partial charge in [-0.1, -0.05) is 26.0 Å². The van der Waals surface area contributed by atoms with Crippen LogP contribution in [0.3, 0.4) is 0 Å². The van der Waals surface area contributed by atoms with Gasteiger partial charge in [-0.25, -0.2) is 8.42 Å². The zero-order valence-electron chi connectivity index (χ0n) is 12.2. The predicted octanol–water partition coefficient (Wildman–Crippen LogP) is 3.17. The molecule has 0 bridgehead atoms. The topological polar surface area (TPSA) is 72.2 Å². The maximum Gasteiger partial charge on any atom is 0.271 e. The van der Waals surface area contributed by atoms with Gasteiger partial charge in [-0.15, -0.1) is 11.3 Å². The Hall–Kier alpha value is -1.37. The van der Waals surface area contributed by atoms with Crippen molar-refractivity contribution in [1.82, 2.24) is 0 Å². The fourth-order valence-electron chi connectivity index (χ4n) is 1.95. The van der Waals surface area contributed by atoms with Gasteiger partial charge in [0.1, 0.15) is 4.21 Å². The van der Waals surface area contributed by atoms with E-state index in [9.17, 15) is 8.42 Å². The molecule has 0 saturated carbocycles. The second-order valence-electron chi connectivity index (χ2n) is 5.15. The number of nitrogens with two attached hydrogens (primary N) is 1. The summed E-state index contributed by atoms with van der Waals surface area (Å²) >= 11 is 1.26. The van der Waals surface area contributed by atoms with Crippen LogP contribution in [0.15, 0.2) is 40.6 Å². The van der Waals surface area contributed by atoms with Crippen molar-refractivity contribution in [3.05, 3.63) is 46.8 Å². The molecule has 0 fully saturated rings. The van der Waals surface area contributed by atoms with Crippen molar-refractivity contribution in [3.63, 3.8) is 0 Å². The summed E-state index contributed by atoms with van der Waals surface area (Å²) in [4.78, 5) is 0.980. The van der Waals surface area contributed by atoms with Gasteiger partial charge in [0, 0.05) is 10.6 Å². The molecule has 2 aromatic rings. The Morgan fingerprint density at radius 2 is 2.00 bits per heavy atom. The minimum Gasteiger partial charge on any atom is -0.330 e. The quantitative estimate of drug-likeness (QED) is 0.857. The molecule has 1 aromatic heterocycles. The summed E-state index contributed by atoms with van der Waals surface area (Å²) in [5.74, 6) is 0.354. The lowest BCUT2D eigenvalue weighted by molar-refractivity contribution is 0.603. The first kappa shape index (κ1) is 16.0. The first-order chi connectivity index (χ1) is 9.92. The molecule has 0 aliphatic heterocycles. The Morgan fingerprint density at radius 1 is 1.24 bits per heavy atom. The van der Waals surface area contributed by atoms with Gasteiger partial charge in [-0.2, -0.15) is 0 Å². The lowest BCUT2D eigenvalue weighted by atomic mass is 10.0. The number of benzene rings is 1. The van der Waals surface area contributed by atoms with Crippen LogP contribution < -0.4 is 10.5 Å². The second-order valence-corrected chi connectivity index (χ2v) is 8.22. The third-order valence-electron chi connectivity index (χ3n) is 3.10. The molecule has 1 heterocycles. The van der Waals surface area contributed by atoms with Gasteiger partial charge in [0.05, 0.1) is 0 Å². The molecule has 3 N–H and O–H groups in total. The minimum atomic E-state index is -3.53. The summed E-state index contributed by atoms with van der Waals surface area (Å²) in [6, 6.07) is 10.9. The zero-order chi connectivity index (χ0) is 15.5. The van der Waals surface area contributed by atoms with Crippen molar-refractivity contribution in [3.8, 4) is 0 Å². The third-order valence-corrected chi connectivity index (χ3v) is 6.12. The van der Waals surface area contributed by atoms with Gasteiger partial charge in [0.2, 0.25) is 0 Å². The van der Waals surface area contributed by atoms with Crippen molar-refractivity contribution < 1.29 is 8.42 Å². The Balaban J connectivity index is 2.22. The molecular weight excluding hydrogens is 304 g/mol. The van der Waals surface area contributed by atoms with Crippen LogP contribution in [0.2, 0.25) is 0 Å². The molecule has 21 heavy (non-hydrogen) atoms. The molecule has 0 aliphatic carbocycles. The molecule has 0 amide bonds. The Kier molecular flexibility index (Phi) is 5.03. The van der Waals surface area contributed by atoms with Crippen molar-refractivity contribution in [2.75, 3.05) is 11.3 Å². The van der Waals surface area contributed by atoms with Gasteiger partial charge in [-0.05, 0) is 48.7 Å². The Labute approximate surface area is 130 Å². The number of hydrogen-bond acceptors (Lipinski definition) is 4. The molecule has 6 heteroatoms. The summed E-state index contributed by atoms with van der Waals surface area (Å²) in [6.45, 7) is 4.67. The SMILES string of the molecule is CC(C)c1cccc(NS(=O)(=O)c2ccc(CCN)s2)c1. The smallest absolute Gasteiger partial charge is 0.271 e. The Morgan fingerprint density at radius 3 is 2.67 bits per heavy atom. The zero-order valence-corrected chi connectivity index (χ0v) is 13.8. The lowest BCUT2D eigenvalue weighted by Crippen LogP contribution is -2.11. The largest absolute Gasteiger partial charge is 0.330 e. The highest BCUT2D eigenvalue weighted by Gasteiger charge is 2.17. The highest BCUT2D eigenvalue weighted by atomic mass is 32.2. The highest BCUT2D eigenvalue weighted by molar-refractivity contribution is 7.94. The molecule has 114 valence electrons. The second kappa shape index (κ2) is 6.60. The number of anilines is 1. The molecule has 0 unspecified atom stereocenters.